The lowest BCUT2D eigenvalue weighted by atomic mass is 9.80. The van der Waals surface area contributed by atoms with Crippen molar-refractivity contribution in [1.29, 1.82) is 0 Å². The topological polar surface area (TPSA) is 81.7 Å². The van der Waals surface area contributed by atoms with E-state index in [2.05, 4.69) is 36.4 Å². The summed E-state index contributed by atoms with van der Waals surface area (Å²) in [5.41, 5.74) is 2.30. The monoisotopic (exact) mass is 650 g/mol. The van der Waals surface area contributed by atoms with Crippen LogP contribution in [0.5, 0.6) is 0 Å². The molecule has 0 saturated carbocycles. The van der Waals surface area contributed by atoms with Crippen LogP contribution in [0.15, 0.2) is 121 Å². The van der Waals surface area contributed by atoms with E-state index in [9.17, 15) is 4.79 Å². The van der Waals surface area contributed by atoms with Crippen LogP contribution in [0.4, 0.5) is 0 Å². The van der Waals surface area contributed by atoms with E-state index < -0.39 is 54.4 Å². The molecule has 7 rings (SSSR count). The third-order valence-electron chi connectivity index (χ3n) is 9.12. The summed E-state index contributed by atoms with van der Waals surface area (Å²) in [5, 5.41) is 0. The van der Waals surface area contributed by atoms with Crippen LogP contribution in [0.2, 0.25) is 0 Å². The quantitative estimate of drug-likeness (QED) is 0.127. The van der Waals surface area contributed by atoms with Gasteiger partial charge in [0.25, 0.3) is 0 Å². The Morgan fingerprint density at radius 2 is 1.35 bits per heavy atom. The maximum Gasteiger partial charge on any atom is 0.338 e. The normalized spacial score (nSPS) is 25.7. The number of rotatable bonds is 11. The molecule has 0 bridgehead atoms. The summed E-state index contributed by atoms with van der Waals surface area (Å²) in [5.74, 6) is -1.40. The summed E-state index contributed by atoms with van der Waals surface area (Å²) in [7, 11) is 0. The average molecular weight is 651 g/mol. The number of fused-ring (bicyclic) bond motifs is 1. The van der Waals surface area contributed by atoms with Gasteiger partial charge in [0.2, 0.25) is 0 Å². The van der Waals surface area contributed by atoms with Crippen LogP contribution in [0, 0.1) is 0 Å². The molecule has 3 aliphatic rings. The van der Waals surface area contributed by atoms with Gasteiger partial charge in [0.1, 0.15) is 17.8 Å². The van der Waals surface area contributed by atoms with Gasteiger partial charge in [-0.05, 0) is 61.9 Å². The Morgan fingerprint density at radius 3 is 1.90 bits per heavy atom. The zero-order valence-electron chi connectivity index (χ0n) is 27.3. The van der Waals surface area contributed by atoms with E-state index in [0.717, 1.165) is 36.0 Å². The lowest BCUT2D eigenvalue weighted by molar-refractivity contribution is -0.262. The van der Waals surface area contributed by atoms with Gasteiger partial charge < -0.3 is 33.2 Å². The first-order valence-corrected chi connectivity index (χ1v) is 16.8. The van der Waals surface area contributed by atoms with E-state index in [0.29, 0.717) is 12.2 Å². The second kappa shape index (κ2) is 14.3. The highest BCUT2D eigenvalue weighted by atomic mass is 16.8. The Kier molecular flexibility index (Phi) is 9.73. The predicted molar refractivity (Wildman–Crippen MR) is 178 cm³/mol. The van der Waals surface area contributed by atoms with Crippen LogP contribution in [-0.2, 0) is 38.8 Å². The Labute approximate surface area is 281 Å². The Hall–Kier alpha value is -3.89. The van der Waals surface area contributed by atoms with Crippen molar-refractivity contribution in [3.05, 3.63) is 144 Å². The molecule has 48 heavy (non-hydrogen) atoms. The molecule has 0 aliphatic carbocycles. The van der Waals surface area contributed by atoms with Gasteiger partial charge >= 0.3 is 5.97 Å². The number of ether oxygens (including phenoxy) is 7. The van der Waals surface area contributed by atoms with Crippen molar-refractivity contribution in [2.75, 3.05) is 13.2 Å². The van der Waals surface area contributed by atoms with Crippen LogP contribution in [-0.4, -0.2) is 62.0 Å². The molecule has 2 unspecified atom stereocenters. The maximum atomic E-state index is 13.5. The number of hydrogen-bond donors (Lipinski definition) is 0. The van der Waals surface area contributed by atoms with E-state index in [-0.39, 0.29) is 6.61 Å². The number of benzene rings is 4. The number of carbonyl (C=O) groups excluding carboxylic acids is 1. The summed E-state index contributed by atoms with van der Waals surface area (Å²) in [4.78, 5) is 13.5. The average Bonchev–Trinajstić information content (AvgIpc) is 3.61. The zero-order valence-corrected chi connectivity index (χ0v) is 27.3. The fourth-order valence-corrected chi connectivity index (χ4v) is 6.90. The summed E-state index contributed by atoms with van der Waals surface area (Å²) < 4.78 is 45.3. The SMILES string of the molecule is CC1(C)O[C@H]2O[C@H](C(COC(c3ccccc3)(c3ccccc3)c3ccccc3)OC3CCCCO3)[C@@H](OC(=O)c3ccccc3)[C@H]2O1. The second-order valence-electron chi connectivity index (χ2n) is 12.9. The molecule has 3 fully saturated rings. The maximum absolute atomic E-state index is 13.5. The lowest BCUT2D eigenvalue weighted by Gasteiger charge is -2.39. The van der Waals surface area contributed by atoms with Gasteiger partial charge in [-0.3, -0.25) is 0 Å². The first-order valence-electron chi connectivity index (χ1n) is 16.8. The lowest BCUT2D eigenvalue weighted by Crippen LogP contribution is -2.49. The van der Waals surface area contributed by atoms with Crippen molar-refractivity contribution in [1.82, 2.24) is 0 Å². The number of carbonyl (C=O) groups is 1. The van der Waals surface area contributed by atoms with Gasteiger partial charge in [-0.25, -0.2) is 4.79 Å². The minimum Gasteiger partial charge on any atom is -0.453 e. The van der Waals surface area contributed by atoms with Gasteiger partial charge in [-0.1, -0.05) is 109 Å². The molecule has 8 heteroatoms. The summed E-state index contributed by atoms with van der Waals surface area (Å²) in [6, 6.07) is 39.4. The summed E-state index contributed by atoms with van der Waals surface area (Å²) >= 11 is 0. The van der Waals surface area contributed by atoms with Gasteiger partial charge in [0.05, 0.1) is 12.2 Å². The predicted octanol–water partition coefficient (Wildman–Crippen LogP) is 7.01. The highest BCUT2D eigenvalue weighted by Gasteiger charge is 2.59. The van der Waals surface area contributed by atoms with E-state index in [1.165, 1.54) is 0 Å². The summed E-state index contributed by atoms with van der Waals surface area (Å²) in [6.45, 7) is 4.32. The van der Waals surface area contributed by atoms with Crippen molar-refractivity contribution in [3.63, 3.8) is 0 Å². The molecule has 4 aromatic carbocycles. The highest BCUT2D eigenvalue weighted by Crippen LogP contribution is 2.44. The zero-order chi connectivity index (χ0) is 33.0. The standard InChI is InChI=1S/C40H42O8/c1-39(2)47-36-35(45-37(41)28-17-7-3-8-18-28)34(46-38(36)48-39)32(44-33-25-15-16-26-42-33)27-43-40(29-19-9-4-10-20-29,30-21-11-5-12-22-30)31-23-13-6-14-24-31/h3-14,17-24,32-36,38H,15-16,25-27H2,1-2H3/t32?,33?,34-,35-,36-,38-/m1/s1. The Bertz CT molecular complexity index is 1510. The molecule has 8 nitrogen and oxygen atoms in total. The van der Waals surface area contributed by atoms with Crippen LogP contribution >= 0.6 is 0 Å². The molecule has 6 atom stereocenters. The van der Waals surface area contributed by atoms with Crippen LogP contribution in [0.25, 0.3) is 0 Å². The first kappa shape index (κ1) is 32.6. The molecule has 0 amide bonds. The van der Waals surface area contributed by atoms with Crippen molar-refractivity contribution in [2.24, 2.45) is 0 Å². The van der Waals surface area contributed by atoms with E-state index in [1.807, 2.05) is 74.5 Å². The molecule has 3 aliphatic heterocycles. The molecular formula is C40H42O8. The largest absolute Gasteiger partial charge is 0.453 e. The third-order valence-corrected chi connectivity index (χ3v) is 9.12. The van der Waals surface area contributed by atoms with Gasteiger partial charge in [-0.2, -0.15) is 0 Å². The minimum absolute atomic E-state index is 0.0748. The second-order valence-corrected chi connectivity index (χ2v) is 12.9. The highest BCUT2D eigenvalue weighted by molar-refractivity contribution is 5.89. The van der Waals surface area contributed by atoms with Crippen LogP contribution < -0.4 is 0 Å². The van der Waals surface area contributed by atoms with Crippen molar-refractivity contribution in [2.45, 2.75) is 81.5 Å². The molecule has 3 heterocycles. The molecular weight excluding hydrogens is 608 g/mol. The molecule has 0 N–H and O–H groups in total. The van der Waals surface area contributed by atoms with E-state index in [1.54, 1.807) is 24.3 Å². The van der Waals surface area contributed by atoms with Crippen LogP contribution in [0.3, 0.4) is 0 Å². The molecule has 0 aromatic heterocycles. The summed E-state index contributed by atoms with van der Waals surface area (Å²) in [6.07, 6.45) is -1.58. The van der Waals surface area contributed by atoms with E-state index in [4.69, 9.17) is 33.2 Å². The Balaban J connectivity index is 1.27. The third kappa shape index (κ3) is 6.83. The van der Waals surface area contributed by atoms with Crippen molar-refractivity contribution >= 4 is 5.97 Å². The minimum atomic E-state index is -1.00. The number of hydrogen-bond acceptors (Lipinski definition) is 8. The number of esters is 1. The molecule has 3 saturated heterocycles. The van der Waals surface area contributed by atoms with Crippen LogP contribution in [0.1, 0.15) is 60.2 Å². The van der Waals surface area contributed by atoms with E-state index >= 15 is 0 Å². The molecule has 0 spiro atoms. The van der Waals surface area contributed by atoms with Gasteiger partial charge in [-0.15, -0.1) is 0 Å². The Morgan fingerprint density at radius 1 is 0.792 bits per heavy atom. The van der Waals surface area contributed by atoms with Crippen molar-refractivity contribution < 1.29 is 38.0 Å². The van der Waals surface area contributed by atoms with Gasteiger partial charge in [0.15, 0.2) is 30.6 Å². The van der Waals surface area contributed by atoms with Gasteiger partial charge in [0, 0.05) is 6.61 Å². The molecule has 0 radical (unpaired) electrons. The smallest absolute Gasteiger partial charge is 0.338 e. The van der Waals surface area contributed by atoms with Crippen molar-refractivity contribution in [3.8, 4) is 0 Å². The fourth-order valence-electron chi connectivity index (χ4n) is 6.90. The fraction of sp³-hybridized carbons (Fsp3) is 0.375. The molecule has 4 aromatic rings. The first-order chi connectivity index (χ1) is 23.4. The molecule has 250 valence electrons.